The van der Waals surface area contributed by atoms with Gasteiger partial charge in [-0.05, 0) is 51.0 Å². The number of hydrogen-bond donors (Lipinski definition) is 1. The molecule has 1 amide bonds. The first-order valence-corrected chi connectivity index (χ1v) is 6.76. The smallest absolute Gasteiger partial charge is 0.252 e. The Bertz CT molecular complexity index is 414. The highest BCUT2D eigenvalue weighted by Crippen LogP contribution is 2.17. The minimum Gasteiger partial charge on any atom is -0.352 e. The third-order valence-corrected chi connectivity index (χ3v) is 3.84. The van der Waals surface area contributed by atoms with Crippen molar-refractivity contribution >= 4 is 17.5 Å². The molecular weight excluding hydrogens is 248 g/mol. The monoisotopic (exact) mass is 266 g/mol. The quantitative estimate of drug-likeness (QED) is 0.911. The average Bonchev–Trinajstić information content (AvgIpc) is 2.38. The largest absolute Gasteiger partial charge is 0.352 e. The summed E-state index contributed by atoms with van der Waals surface area (Å²) in [5.41, 5.74) is 0.562. The Morgan fingerprint density at radius 2 is 2.06 bits per heavy atom. The maximum absolute atomic E-state index is 12.0. The topological polar surface area (TPSA) is 32.3 Å². The summed E-state index contributed by atoms with van der Waals surface area (Å²) in [5, 5.41) is 3.49. The van der Waals surface area contributed by atoms with Gasteiger partial charge in [0.1, 0.15) is 0 Å². The zero-order valence-corrected chi connectivity index (χ0v) is 11.4. The SMILES string of the molecule is CN1CCC(CNC(=O)c2ccccc2Cl)CC1. The first kappa shape index (κ1) is 13.4. The predicted octanol–water partition coefficient (Wildman–Crippen LogP) is 2.41. The molecule has 1 N–H and O–H groups in total. The van der Waals surface area contributed by atoms with Crippen molar-refractivity contribution in [1.29, 1.82) is 0 Å². The van der Waals surface area contributed by atoms with Crippen LogP contribution in [0.3, 0.4) is 0 Å². The number of nitrogens with one attached hydrogen (secondary N) is 1. The van der Waals surface area contributed by atoms with Crippen molar-refractivity contribution in [3.8, 4) is 0 Å². The molecule has 1 aromatic rings. The van der Waals surface area contributed by atoms with Crippen LogP contribution >= 0.6 is 11.6 Å². The van der Waals surface area contributed by atoms with Crippen LogP contribution < -0.4 is 5.32 Å². The fourth-order valence-electron chi connectivity index (χ4n) is 2.24. The highest BCUT2D eigenvalue weighted by Gasteiger charge is 2.18. The van der Waals surface area contributed by atoms with Crippen molar-refractivity contribution < 1.29 is 4.79 Å². The molecule has 1 heterocycles. The summed E-state index contributed by atoms with van der Waals surface area (Å²) in [5.74, 6) is 0.521. The van der Waals surface area contributed by atoms with E-state index in [4.69, 9.17) is 11.6 Å². The van der Waals surface area contributed by atoms with Crippen LogP contribution in [0.2, 0.25) is 5.02 Å². The van der Waals surface area contributed by atoms with E-state index in [1.165, 1.54) is 0 Å². The van der Waals surface area contributed by atoms with Gasteiger partial charge in [-0.3, -0.25) is 4.79 Å². The molecule has 1 fully saturated rings. The fourth-order valence-corrected chi connectivity index (χ4v) is 2.47. The van der Waals surface area contributed by atoms with E-state index in [9.17, 15) is 4.79 Å². The summed E-state index contributed by atoms with van der Waals surface area (Å²) in [6.45, 7) is 2.98. The molecule has 1 aliphatic rings. The average molecular weight is 267 g/mol. The van der Waals surface area contributed by atoms with Crippen molar-refractivity contribution in [3.05, 3.63) is 34.9 Å². The van der Waals surface area contributed by atoms with Crippen molar-refractivity contribution in [2.45, 2.75) is 12.8 Å². The fraction of sp³-hybridized carbons (Fsp3) is 0.500. The summed E-state index contributed by atoms with van der Waals surface area (Å²) in [6, 6.07) is 7.16. The van der Waals surface area contributed by atoms with Gasteiger partial charge in [0, 0.05) is 6.54 Å². The minimum atomic E-state index is -0.0699. The highest BCUT2D eigenvalue weighted by atomic mass is 35.5. The van der Waals surface area contributed by atoms with E-state index in [-0.39, 0.29) is 5.91 Å². The summed E-state index contributed by atoms with van der Waals surface area (Å²) >= 11 is 5.99. The molecule has 1 aromatic carbocycles. The Morgan fingerprint density at radius 1 is 1.39 bits per heavy atom. The first-order chi connectivity index (χ1) is 8.66. The molecule has 1 saturated heterocycles. The van der Waals surface area contributed by atoms with Crippen LogP contribution in [0.5, 0.6) is 0 Å². The molecule has 4 heteroatoms. The van der Waals surface area contributed by atoms with Crippen molar-refractivity contribution in [2.75, 3.05) is 26.7 Å². The van der Waals surface area contributed by atoms with Crippen molar-refractivity contribution in [1.82, 2.24) is 10.2 Å². The second-order valence-corrected chi connectivity index (χ2v) is 5.34. The normalized spacial score (nSPS) is 17.7. The van der Waals surface area contributed by atoms with E-state index >= 15 is 0 Å². The minimum absolute atomic E-state index is 0.0699. The highest BCUT2D eigenvalue weighted by molar-refractivity contribution is 6.33. The first-order valence-electron chi connectivity index (χ1n) is 6.38. The van der Waals surface area contributed by atoms with E-state index in [1.54, 1.807) is 12.1 Å². The van der Waals surface area contributed by atoms with E-state index in [2.05, 4.69) is 17.3 Å². The Balaban J connectivity index is 1.84. The van der Waals surface area contributed by atoms with Crippen molar-refractivity contribution in [2.24, 2.45) is 5.92 Å². The number of carbonyl (C=O) groups is 1. The standard InChI is InChI=1S/C14H19ClN2O/c1-17-8-6-11(7-9-17)10-16-14(18)12-4-2-3-5-13(12)15/h2-5,11H,6-10H2,1H3,(H,16,18). The summed E-state index contributed by atoms with van der Waals surface area (Å²) in [7, 11) is 2.14. The van der Waals surface area contributed by atoms with Crippen LogP contribution in [0.15, 0.2) is 24.3 Å². The molecule has 0 bridgehead atoms. The lowest BCUT2D eigenvalue weighted by Gasteiger charge is -2.28. The second kappa shape index (κ2) is 6.21. The van der Waals surface area contributed by atoms with Crippen LogP contribution in [0.1, 0.15) is 23.2 Å². The zero-order valence-electron chi connectivity index (χ0n) is 10.7. The van der Waals surface area contributed by atoms with E-state index in [0.717, 1.165) is 32.5 Å². The van der Waals surface area contributed by atoms with Crippen LogP contribution in [-0.4, -0.2) is 37.5 Å². The van der Waals surface area contributed by atoms with Crippen LogP contribution in [0.25, 0.3) is 0 Å². The lowest BCUT2D eigenvalue weighted by molar-refractivity contribution is 0.0939. The summed E-state index contributed by atoms with van der Waals surface area (Å²) in [6.07, 6.45) is 2.30. The van der Waals surface area contributed by atoms with Gasteiger partial charge in [-0.1, -0.05) is 23.7 Å². The van der Waals surface area contributed by atoms with Gasteiger partial charge < -0.3 is 10.2 Å². The number of rotatable bonds is 3. The maximum Gasteiger partial charge on any atom is 0.252 e. The molecule has 0 spiro atoms. The van der Waals surface area contributed by atoms with Gasteiger partial charge in [0.25, 0.3) is 5.91 Å². The Hall–Kier alpha value is -1.06. The Kier molecular flexibility index (Phi) is 4.61. The molecule has 0 saturated carbocycles. The molecule has 0 aromatic heterocycles. The molecule has 2 rings (SSSR count). The van der Waals surface area contributed by atoms with Crippen molar-refractivity contribution in [3.63, 3.8) is 0 Å². The molecule has 18 heavy (non-hydrogen) atoms. The summed E-state index contributed by atoms with van der Waals surface area (Å²) in [4.78, 5) is 14.3. The molecule has 0 radical (unpaired) electrons. The van der Waals surface area contributed by atoms with E-state index in [1.807, 2.05) is 12.1 Å². The molecule has 0 atom stereocenters. The number of amides is 1. The van der Waals surface area contributed by atoms with Gasteiger partial charge in [0.2, 0.25) is 0 Å². The number of nitrogens with zero attached hydrogens (tertiary/aromatic N) is 1. The van der Waals surface area contributed by atoms with Gasteiger partial charge in [-0.15, -0.1) is 0 Å². The van der Waals surface area contributed by atoms with Gasteiger partial charge in [-0.2, -0.15) is 0 Å². The molecule has 3 nitrogen and oxygen atoms in total. The third-order valence-electron chi connectivity index (χ3n) is 3.51. The van der Waals surface area contributed by atoms with Gasteiger partial charge >= 0.3 is 0 Å². The Morgan fingerprint density at radius 3 is 2.72 bits per heavy atom. The predicted molar refractivity (Wildman–Crippen MR) is 74.0 cm³/mol. The van der Waals surface area contributed by atoms with Crippen LogP contribution in [-0.2, 0) is 0 Å². The van der Waals surface area contributed by atoms with Gasteiger partial charge in [0.15, 0.2) is 0 Å². The Labute approximate surface area is 113 Å². The number of piperidine rings is 1. The molecule has 98 valence electrons. The number of likely N-dealkylation sites (tertiary alicyclic amines) is 1. The molecule has 0 aliphatic carbocycles. The molecular formula is C14H19ClN2O. The van der Waals surface area contributed by atoms with E-state index < -0.39 is 0 Å². The third kappa shape index (κ3) is 3.47. The van der Waals surface area contributed by atoms with Gasteiger partial charge in [0.05, 0.1) is 10.6 Å². The zero-order chi connectivity index (χ0) is 13.0. The number of carbonyl (C=O) groups excluding carboxylic acids is 1. The molecule has 1 aliphatic heterocycles. The van der Waals surface area contributed by atoms with Crippen LogP contribution in [0, 0.1) is 5.92 Å². The van der Waals surface area contributed by atoms with E-state index in [0.29, 0.717) is 16.5 Å². The number of hydrogen-bond acceptors (Lipinski definition) is 2. The lowest BCUT2D eigenvalue weighted by atomic mass is 9.97. The number of halogens is 1. The second-order valence-electron chi connectivity index (χ2n) is 4.94. The number of benzene rings is 1. The maximum atomic E-state index is 12.0. The lowest BCUT2D eigenvalue weighted by Crippen LogP contribution is -2.36. The van der Waals surface area contributed by atoms with Gasteiger partial charge in [-0.25, -0.2) is 0 Å². The summed E-state index contributed by atoms with van der Waals surface area (Å²) < 4.78 is 0. The molecule has 0 unspecified atom stereocenters. The van der Waals surface area contributed by atoms with Crippen LogP contribution in [0.4, 0.5) is 0 Å².